The number of hydrogen-bond acceptors (Lipinski definition) is 2. The van der Waals surface area contributed by atoms with Crippen LogP contribution in [0.5, 0.6) is 5.75 Å². The first-order valence-corrected chi connectivity index (χ1v) is 7.91. The molecule has 1 aromatic heterocycles. The van der Waals surface area contributed by atoms with Crippen molar-refractivity contribution < 1.29 is 4.74 Å². The number of fused-ring (bicyclic) bond motifs is 1. The summed E-state index contributed by atoms with van der Waals surface area (Å²) < 4.78 is 7.80. The second-order valence-corrected chi connectivity index (χ2v) is 6.31. The highest BCUT2D eigenvalue weighted by atomic mass is 16.5. The van der Waals surface area contributed by atoms with Crippen LogP contribution in [-0.2, 0) is 6.54 Å². The predicted octanol–water partition coefficient (Wildman–Crippen LogP) is 4.32. The maximum Gasteiger partial charge on any atom is 0.119 e. The fourth-order valence-corrected chi connectivity index (χ4v) is 3.23. The first-order chi connectivity index (χ1) is 11.0. The van der Waals surface area contributed by atoms with Crippen LogP contribution in [-0.4, -0.2) is 30.7 Å². The van der Waals surface area contributed by atoms with Crippen LogP contribution in [0, 0.1) is 13.8 Å². The lowest BCUT2D eigenvalue weighted by molar-refractivity contribution is 0.402. The molecule has 0 N–H and O–H groups in total. The molecule has 0 amide bonds. The quantitative estimate of drug-likeness (QED) is 0.714. The molecule has 0 unspecified atom stereocenters. The molecule has 1 heterocycles. The molecule has 0 spiro atoms. The molecule has 0 radical (unpaired) electrons. The Bertz CT molecular complexity index is 846. The molecule has 0 atom stereocenters. The third kappa shape index (κ3) is 2.73. The summed E-state index contributed by atoms with van der Waals surface area (Å²) in [6, 6.07) is 14.9. The number of aryl methyl sites for hydroxylation is 1. The van der Waals surface area contributed by atoms with Gasteiger partial charge < -0.3 is 14.2 Å². The first kappa shape index (κ1) is 15.6. The van der Waals surface area contributed by atoms with E-state index < -0.39 is 0 Å². The highest BCUT2D eigenvalue weighted by Crippen LogP contribution is 2.33. The number of benzene rings is 2. The number of rotatable bonds is 4. The fourth-order valence-electron chi connectivity index (χ4n) is 3.23. The van der Waals surface area contributed by atoms with E-state index in [-0.39, 0.29) is 0 Å². The van der Waals surface area contributed by atoms with Gasteiger partial charge in [-0.1, -0.05) is 18.2 Å². The number of hydrogen-bond donors (Lipinski definition) is 0. The zero-order valence-electron chi connectivity index (χ0n) is 14.6. The Morgan fingerprint density at radius 2 is 1.78 bits per heavy atom. The average Bonchev–Trinajstić information content (AvgIpc) is 2.79. The Labute approximate surface area is 138 Å². The molecule has 3 rings (SSSR count). The van der Waals surface area contributed by atoms with Gasteiger partial charge in [0, 0.05) is 23.3 Å². The zero-order chi connectivity index (χ0) is 16.6. The van der Waals surface area contributed by atoms with Crippen LogP contribution in [0.25, 0.3) is 16.6 Å². The number of aromatic nitrogens is 1. The lowest BCUT2D eigenvalue weighted by Crippen LogP contribution is -2.11. The second kappa shape index (κ2) is 6.09. The number of ether oxygens (including phenoxy) is 1. The third-order valence-electron chi connectivity index (χ3n) is 4.37. The van der Waals surface area contributed by atoms with Crippen LogP contribution < -0.4 is 4.74 Å². The minimum absolute atomic E-state index is 0.902. The molecule has 0 fully saturated rings. The summed E-state index contributed by atoms with van der Waals surface area (Å²) in [5.74, 6) is 0.902. The molecule has 0 aliphatic carbocycles. The fraction of sp³-hybridized carbons (Fsp3) is 0.300. The smallest absolute Gasteiger partial charge is 0.119 e. The van der Waals surface area contributed by atoms with Gasteiger partial charge in [-0.15, -0.1) is 0 Å². The molecule has 3 heteroatoms. The van der Waals surface area contributed by atoms with E-state index in [9.17, 15) is 0 Å². The molecule has 120 valence electrons. The van der Waals surface area contributed by atoms with Crippen molar-refractivity contribution in [2.45, 2.75) is 20.4 Å². The number of para-hydroxylation sites is 1. The zero-order valence-corrected chi connectivity index (χ0v) is 14.6. The van der Waals surface area contributed by atoms with Gasteiger partial charge in [0.1, 0.15) is 5.75 Å². The number of nitrogens with zero attached hydrogens (tertiary/aromatic N) is 2. The first-order valence-electron chi connectivity index (χ1n) is 7.91. The predicted molar refractivity (Wildman–Crippen MR) is 96.7 cm³/mol. The molecule has 0 saturated heterocycles. The van der Waals surface area contributed by atoms with Crippen molar-refractivity contribution in [3.8, 4) is 11.4 Å². The standard InChI is InChI=1S/C20H24N2O/c1-14-8-6-7-9-19(14)22-15(2)18(13-21(3)4)17-12-16(23-5)10-11-20(17)22/h6-12H,13H2,1-5H3. The Balaban J connectivity index is 2.34. The van der Waals surface area contributed by atoms with Crippen molar-refractivity contribution in [3.05, 3.63) is 59.3 Å². The molecular weight excluding hydrogens is 284 g/mol. The van der Waals surface area contributed by atoms with Crippen LogP contribution in [0.4, 0.5) is 0 Å². The van der Waals surface area contributed by atoms with Gasteiger partial charge in [0.05, 0.1) is 12.6 Å². The van der Waals surface area contributed by atoms with E-state index in [0.717, 1.165) is 12.3 Å². The van der Waals surface area contributed by atoms with E-state index in [1.165, 1.54) is 33.4 Å². The summed E-state index contributed by atoms with van der Waals surface area (Å²) in [7, 11) is 5.94. The highest BCUT2D eigenvalue weighted by molar-refractivity contribution is 5.88. The monoisotopic (exact) mass is 308 g/mol. The third-order valence-corrected chi connectivity index (χ3v) is 4.37. The summed E-state index contributed by atoms with van der Waals surface area (Å²) in [6.07, 6.45) is 0. The molecule has 0 bridgehead atoms. The van der Waals surface area contributed by atoms with Crippen LogP contribution in [0.1, 0.15) is 16.8 Å². The van der Waals surface area contributed by atoms with Crippen LogP contribution in [0.2, 0.25) is 0 Å². The van der Waals surface area contributed by atoms with Crippen molar-refractivity contribution in [2.24, 2.45) is 0 Å². The van der Waals surface area contributed by atoms with Gasteiger partial charge in [-0.2, -0.15) is 0 Å². The molecular formula is C20H24N2O. The largest absolute Gasteiger partial charge is 0.497 e. The molecule has 2 aromatic carbocycles. The van der Waals surface area contributed by atoms with Crippen LogP contribution in [0.3, 0.4) is 0 Å². The van der Waals surface area contributed by atoms with Gasteiger partial charge in [-0.05, 0) is 63.3 Å². The van der Waals surface area contributed by atoms with E-state index in [4.69, 9.17) is 4.74 Å². The van der Waals surface area contributed by atoms with E-state index in [1.54, 1.807) is 7.11 Å². The molecule has 0 saturated carbocycles. The van der Waals surface area contributed by atoms with Gasteiger partial charge in [0.15, 0.2) is 0 Å². The van der Waals surface area contributed by atoms with Crippen molar-refractivity contribution in [1.29, 1.82) is 0 Å². The van der Waals surface area contributed by atoms with Gasteiger partial charge in [0.25, 0.3) is 0 Å². The lowest BCUT2D eigenvalue weighted by Gasteiger charge is -2.13. The normalized spacial score (nSPS) is 11.4. The minimum Gasteiger partial charge on any atom is -0.497 e. The van der Waals surface area contributed by atoms with Crippen LogP contribution in [0.15, 0.2) is 42.5 Å². The minimum atomic E-state index is 0.902. The van der Waals surface area contributed by atoms with Gasteiger partial charge in [0.2, 0.25) is 0 Å². The molecule has 0 aliphatic rings. The van der Waals surface area contributed by atoms with Crippen LogP contribution >= 0.6 is 0 Å². The molecule has 3 aromatic rings. The summed E-state index contributed by atoms with van der Waals surface area (Å²) >= 11 is 0. The van der Waals surface area contributed by atoms with Gasteiger partial charge >= 0.3 is 0 Å². The second-order valence-electron chi connectivity index (χ2n) is 6.31. The Morgan fingerprint density at radius 1 is 1.04 bits per heavy atom. The summed E-state index contributed by atoms with van der Waals surface area (Å²) in [6.45, 7) is 5.28. The van der Waals surface area contributed by atoms with E-state index in [0.29, 0.717) is 0 Å². The van der Waals surface area contributed by atoms with Crippen molar-refractivity contribution in [3.63, 3.8) is 0 Å². The Kier molecular flexibility index (Phi) is 4.14. The molecule has 23 heavy (non-hydrogen) atoms. The molecule has 3 nitrogen and oxygen atoms in total. The number of methoxy groups -OCH3 is 1. The van der Waals surface area contributed by atoms with Crippen molar-refractivity contribution in [1.82, 2.24) is 9.47 Å². The van der Waals surface area contributed by atoms with Gasteiger partial charge in [-0.3, -0.25) is 0 Å². The van der Waals surface area contributed by atoms with Gasteiger partial charge in [-0.25, -0.2) is 0 Å². The average molecular weight is 308 g/mol. The molecule has 0 aliphatic heterocycles. The summed E-state index contributed by atoms with van der Waals surface area (Å²) in [5.41, 5.74) is 6.39. The Morgan fingerprint density at radius 3 is 2.43 bits per heavy atom. The maximum atomic E-state index is 5.44. The van der Waals surface area contributed by atoms with Crippen molar-refractivity contribution in [2.75, 3.05) is 21.2 Å². The summed E-state index contributed by atoms with van der Waals surface area (Å²) in [4.78, 5) is 2.21. The SMILES string of the molecule is COc1ccc2c(c1)c(CN(C)C)c(C)n2-c1ccccc1C. The summed E-state index contributed by atoms with van der Waals surface area (Å²) in [5, 5.41) is 1.26. The lowest BCUT2D eigenvalue weighted by atomic mass is 10.1. The van der Waals surface area contributed by atoms with Crippen molar-refractivity contribution >= 4 is 10.9 Å². The topological polar surface area (TPSA) is 17.4 Å². The van der Waals surface area contributed by atoms with E-state index >= 15 is 0 Å². The highest BCUT2D eigenvalue weighted by Gasteiger charge is 2.17. The van der Waals surface area contributed by atoms with E-state index in [1.807, 2.05) is 6.07 Å². The maximum absolute atomic E-state index is 5.44. The Hall–Kier alpha value is -2.26. The van der Waals surface area contributed by atoms with E-state index in [2.05, 4.69) is 73.8 Å².